The Balaban J connectivity index is 2.93. The van der Waals surface area contributed by atoms with Crippen LogP contribution in [0.5, 0.6) is 11.5 Å². The quantitative estimate of drug-likeness (QED) is 0.719. The second-order valence-electron chi connectivity index (χ2n) is 3.44. The number of carbonyl (C=O) groups excluding carboxylic acids is 1. The predicted octanol–water partition coefficient (Wildman–Crippen LogP) is 3.04. The highest BCUT2D eigenvalue weighted by atomic mass is 35.5. The maximum absolute atomic E-state index is 12.2. The van der Waals surface area contributed by atoms with Crippen molar-refractivity contribution in [1.82, 2.24) is 0 Å². The Hall–Kier alpha value is -1.36. The van der Waals surface area contributed by atoms with Crippen LogP contribution in [0.3, 0.4) is 0 Å². The lowest BCUT2D eigenvalue weighted by atomic mass is 10.1. The number of alkyl halides is 3. The molecule has 1 aromatic carbocycles. The molecule has 0 heterocycles. The molecule has 3 nitrogen and oxygen atoms in total. The van der Waals surface area contributed by atoms with Crippen molar-refractivity contribution in [3.8, 4) is 11.5 Å². The largest absolute Gasteiger partial charge is 0.490 e. The van der Waals surface area contributed by atoms with E-state index in [9.17, 15) is 13.6 Å². The number of halogens is 3. The Kier molecular flexibility index (Phi) is 5.85. The smallest absolute Gasteiger partial charge is 0.387 e. The number of ketones is 1. The van der Waals surface area contributed by atoms with E-state index in [2.05, 4.69) is 4.74 Å². The van der Waals surface area contributed by atoms with Gasteiger partial charge in [-0.2, -0.15) is 8.78 Å². The summed E-state index contributed by atoms with van der Waals surface area (Å²) in [7, 11) is 0. The first-order chi connectivity index (χ1) is 8.56. The van der Waals surface area contributed by atoms with Gasteiger partial charge in [-0.1, -0.05) is 6.07 Å². The first kappa shape index (κ1) is 14.7. The summed E-state index contributed by atoms with van der Waals surface area (Å²) in [5.41, 5.74) is 0.555. The minimum absolute atomic E-state index is 0.0771. The molecule has 6 heteroatoms. The number of benzene rings is 1. The molecule has 100 valence electrons. The minimum Gasteiger partial charge on any atom is -0.490 e. The molecule has 0 bridgehead atoms. The molecular formula is C12H13ClF2O3. The molecule has 0 aliphatic rings. The lowest BCUT2D eigenvalue weighted by Gasteiger charge is -2.12. The third-order valence-corrected chi connectivity index (χ3v) is 2.37. The van der Waals surface area contributed by atoms with Crippen LogP contribution in [-0.4, -0.2) is 24.9 Å². The Bertz CT molecular complexity index is 410. The molecule has 1 rings (SSSR count). The van der Waals surface area contributed by atoms with E-state index in [0.29, 0.717) is 12.2 Å². The van der Waals surface area contributed by atoms with Gasteiger partial charge in [-0.05, 0) is 24.6 Å². The monoisotopic (exact) mass is 278 g/mol. The highest BCUT2D eigenvalue weighted by Crippen LogP contribution is 2.30. The molecule has 0 aliphatic heterocycles. The van der Waals surface area contributed by atoms with Gasteiger partial charge in [0.2, 0.25) is 0 Å². The van der Waals surface area contributed by atoms with E-state index in [1.165, 1.54) is 12.1 Å². The van der Waals surface area contributed by atoms with Gasteiger partial charge in [-0.25, -0.2) is 0 Å². The van der Waals surface area contributed by atoms with Gasteiger partial charge in [-0.3, -0.25) is 4.79 Å². The fourth-order valence-corrected chi connectivity index (χ4v) is 1.49. The van der Waals surface area contributed by atoms with Crippen LogP contribution in [0.4, 0.5) is 8.78 Å². The van der Waals surface area contributed by atoms with E-state index in [1.54, 1.807) is 13.0 Å². The third kappa shape index (κ3) is 4.49. The highest BCUT2D eigenvalue weighted by molar-refractivity contribution is 6.27. The van der Waals surface area contributed by atoms with Crippen LogP contribution in [0.25, 0.3) is 0 Å². The lowest BCUT2D eigenvalue weighted by molar-refractivity contribution is -0.116. The fraction of sp³-hybridized carbons (Fsp3) is 0.417. The van der Waals surface area contributed by atoms with Gasteiger partial charge in [0.05, 0.1) is 12.5 Å². The Labute approximate surface area is 109 Å². The highest BCUT2D eigenvalue weighted by Gasteiger charge is 2.12. The van der Waals surface area contributed by atoms with E-state index in [1.807, 2.05) is 0 Å². The number of hydrogen-bond donors (Lipinski definition) is 0. The van der Waals surface area contributed by atoms with Crippen molar-refractivity contribution in [2.24, 2.45) is 0 Å². The summed E-state index contributed by atoms with van der Waals surface area (Å²) < 4.78 is 34.0. The van der Waals surface area contributed by atoms with Crippen molar-refractivity contribution < 1.29 is 23.0 Å². The molecule has 1 aromatic rings. The molecule has 0 spiro atoms. The van der Waals surface area contributed by atoms with Crippen molar-refractivity contribution in [1.29, 1.82) is 0 Å². The maximum Gasteiger partial charge on any atom is 0.387 e. The van der Waals surface area contributed by atoms with Crippen LogP contribution in [0.2, 0.25) is 0 Å². The second kappa shape index (κ2) is 7.16. The maximum atomic E-state index is 12.2. The zero-order chi connectivity index (χ0) is 13.5. The Morgan fingerprint density at radius 2 is 2.11 bits per heavy atom. The van der Waals surface area contributed by atoms with Crippen molar-refractivity contribution in [3.05, 3.63) is 23.8 Å². The minimum atomic E-state index is -2.94. The van der Waals surface area contributed by atoms with E-state index >= 15 is 0 Å². The molecular weight excluding hydrogens is 266 g/mol. The normalized spacial score (nSPS) is 10.5. The van der Waals surface area contributed by atoms with Crippen LogP contribution in [0.1, 0.15) is 12.5 Å². The van der Waals surface area contributed by atoms with Crippen molar-refractivity contribution >= 4 is 17.4 Å². The molecule has 0 aliphatic carbocycles. The first-order valence-corrected chi connectivity index (χ1v) is 5.88. The van der Waals surface area contributed by atoms with Crippen LogP contribution in [0.15, 0.2) is 18.2 Å². The van der Waals surface area contributed by atoms with Gasteiger partial charge >= 0.3 is 6.61 Å². The van der Waals surface area contributed by atoms with Crippen LogP contribution in [-0.2, 0) is 11.2 Å². The summed E-state index contributed by atoms with van der Waals surface area (Å²) in [5.74, 6) is -0.159. The zero-order valence-electron chi connectivity index (χ0n) is 9.79. The average molecular weight is 279 g/mol. The number of ether oxygens (including phenoxy) is 2. The van der Waals surface area contributed by atoms with Gasteiger partial charge in [0.15, 0.2) is 17.3 Å². The summed E-state index contributed by atoms with van der Waals surface area (Å²) >= 11 is 5.38. The predicted molar refractivity (Wildman–Crippen MR) is 63.7 cm³/mol. The van der Waals surface area contributed by atoms with Crippen LogP contribution >= 0.6 is 11.6 Å². The molecule has 0 atom stereocenters. The van der Waals surface area contributed by atoms with E-state index in [0.717, 1.165) is 0 Å². The summed E-state index contributed by atoms with van der Waals surface area (Å²) in [6, 6.07) is 4.48. The summed E-state index contributed by atoms with van der Waals surface area (Å²) in [6.45, 7) is -0.875. The van der Waals surface area contributed by atoms with Crippen molar-refractivity contribution in [2.45, 2.75) is 20.0 Å². The number of Topliss-reactive ketones (excluding diaryl/α,β-unsaturated/α-hetero) is 1. The van der Waals surface area contributed by atoms with Crippen LogP contribution in [0, 0.1) is 0 Å². The van der Waals surface area contributed by atoms with E-state index in [-0.39, 0.29) is 29.6 Å². The first-order valence-electron chi connectivity index (χ1n) is 5.35. The zero-order valence-corrected chi connectivity index (χ0v) is 10.5. The third-order valence-electron chi connectivity index (χ3n) is 2.07. The van der Waals surface area contributed by atoms with E-state index < -0.39 is 6.61 Å². The van der Waals surface area contributed by atoms with Gasteiger partial charge in [0.25, 0.3) is 0 Å². The van der Waals surface area contributed by atoms with Gasteiger partial charge in [-0.15, -0.1) is 11.6 Å². The topological polar surface area (TPSA) is 35.5 Å². The fourth-order valence-electron chi connectivity index (χ4n) is 1.40. The molecule has 0 N–H and O–H groups in total. The summed E-state index contributed by atoms with van der Waals surface area (Å²) in [4.78, 5) is 11.2. The van der Waals surface area contributed by atoms with Gasteiger partial charge in [0, 0.05) is 6.42 Å². The standard InChI is InChI=1S/C12H13ClF2O3/c1-2-17-10-4-3-8(5-9(16)7-13)6-11(10)18-12(14)15/h3-4,6,12H,2,5,7H2,1H3. The van der Waals surface area contributed by atoms with Crippen LogP contribution < -0.4 is 9.47 Å². The van der Waals surface area contributed by atoms with E-state index in [4.69, 9.17) is 16.3 Å². The molecule has 0 saturated carbocycles. The molecule has 0 unspecified atom stereocenters. The number of hydrogen-bond acceptors (Lipinski definition) is 3. The second-order valence-corrected chi connectivity index (χ2v) is 3.71. The van der Waals surface area contributed by atoms with Crippen molar-refractivity contribution in [3.63, 3.8) is 0 Å². The van der Waals surface area contributed by atoms with Crippen molar-refractivity contribution in [2.75, 3.05) is 12.5 Å². The molecule has 18 heavy (non-hydrogen) atoms. The molecule has 0 radical (unpaired) electrons. The molecule has 0 fully saturated rings. The lowest BCUT2D eigenvalue weighted by Crippen LogP contribution is -2.07. The SMILES string of the molecule is CCOc1ccc(CC(=O)CCl)cc1OC(F)F. The number of rotatable bonds is 7. The Morgan fingerprint density at radius 1 is 1.39 bits per heavy atom. The van der Waals surface area contributed by atoms with Gasteiger partial charge < -0.3 is 9.47 Å². The summed E-state index contributed by atoms with van der Waals surface area (Å²) in [6.07, 6.45) is 0.0789. The van der Waals surface area contributed by atoms with Gasteiger partial charge in [0.1, 0.15) is 0 Å². The molecule has 0 saturated heterocycles. The molecule has 0 aromatic heterocycles. The summed E-state index contributed by atoms with van der Waals surface area (Å²) in [5, 5.41) is 0. The molecule has 0 amide bonds. The average Bonchev–Trinajstić information content (AvgIpc) is 2.31. The number of carbonyl (C=O) groups is 1. The Morgan fingerprint density at radius 3 is 2.67 bits per heavy atom.